The Hall–Kier alpha value is -2.51. The third-order valence-corrected chi connectivity index (χ3v) is 5.04. The molecule has 2 N–H and O–H groups in total. The Morgan fingerprint density at radius 3 is 2.41 bits per heavy atom. The van der Waals surface area contributed by atoms with E-state index in [2.05, 4.69) is 19.2 Å². The second-order valence-electron chi connectivity index (χ2n) is 6.72. The number of aromatic nitrogens is 1. The SMILES string of the molecule is CC[NH+](CC)CCCNC(=O)[C@H](C(=O)c1ccc(F)cc1)n1cc(Cl)ccc1=O. The van der Waals surface area contributed by atoms with E-state index < -0.39 is 29.1 Å². The fourth-order valence-corrected chi connectivity index (χ4v) is 3.24. The topological polar surface area (TPSA) is 72.6 Å². The van der Waals surface area contributed by atoms with Gasteiger partial charge in [0.1, 0.15) is 5.82 Å². The highest BCUT2D eigenvalue weighted by Crippen LogP contribution is 2.16. The van der Waals surface area contributed by atoms with Crippen molar-refractivity contribution in [1.29, 1.82) is 0 Å². The summed E-state index contributed by atoms with van der Waals surface area (Å²) in [6, 6.07) is 6.02. The van der Waals surface area contributed by atoms with Gasteiger partial charge < -0.3 is 10.2 Å². The molecule has 2 rings (SSSR count). The number of amides is 1. The molecular formula is C21H26ClFN3O3+. The van der Waals surface area contributed by atoms with E-state index in [0.717, 1.165) is 42.8 Å². The molecule has 8 heteroatoms. The number of rotatable bonds is 10. The Morgan fingerprint density at radius 1 is 1.14 bits per heavy atom. The van der Waals surface area contributed by atoms with Gasteiger partial charge in [-0.2, -0.15) is 0 Å². The monoisotopic (exact) mass is 422 g/mol. The largest absolute Gasteiger partial charge is 0.354 e. The van der Waals surface area contributed by atoms with Gasteiger partial charge >= 0.3 is 0 Å². The van der Waals surface area contributed by atoms with Crippen molar-refractivity contribution in [3.05, 3.63) is 69.4 Å². The summed E-state index contributed by atoms with van der Waals surface area (Å²) >= 11 is 5.98. The van der Waals surface area contributed by atoms with Gasteiger partial charge in [0.25, 0.3) is 11.5 Å². The molecule has 1 amide bonds. The summed E-state index contributed by atoms with van der Waals surface area (Å²) < 4.78 is 14.2. The van der Waals surface area contributed by atoms with Gasteiger partial charge in [0.2, 0.25) is 0 Å². The predicted molar refractivity (Wildman–Crippen MR) is 110 cm³/mol. The van der Waals surface area contributed by atoms with E-state index in [1.807, 2.05) is 0 Å². The molecular weight excluding hydrogens is 397 g/mol. The average molecular weight is 423 g/mol. The molecule has 1 aromatic carbocycles. The molecule has 0 saturated carbocycles. The third-order valence-electron chi connectivity index (χ3n) is 4.81. The number of ketones is 1. The van der Waals surface area contributed by atoms with Crippen molar-refractivity contribution in [2.24, 2.45) is 0 Å². The lowest BCUT2D eigenvalue weighted by Crippen LogP contribution is -3.11. The Balaban J connectivity index is 2.24. The van der Waals surface area contributed by atoms with Crippen LogP contribution in [0.25, 0.3) is 0 Å². The van der Waals surface area contributed by atoms with Crippen LogP contribution >= 0.6 is 11.6 Å². The lowest BCUT2D eigenvalue weighted by Gasteiger charge is -2.19. The Morgan fingerprint density at radius 2 is 1.79 bits per heavy atom. The molecule has 29 heavy (non-hydrogen) atoms. The van der Waals surface area contributed by atoms with E-state index in [0.29, 0.717) is 6.54 Å². The molecule has 0 saturated heterocycles. The average Bonchev–Trinajstić information content (AvgIpc) is 2.71. The first-order chi connectivity index (χ1) is 13.9. The highest BCUT2D eigenvalue weighted by atomic mass is 35.5. The van der Waals surface area contributed by atoms with Gasteiger partial charge in [-0.3, -0.25) is 19.0 Å². The van der Waals surface area contributed by atoms with Crippen LogP contribution in [0.2, 0.25) is 5.02 Å². The highest BCUT2D eigenvalue weighted by Gasteiger charge is 2.30. The molecule has 1 atom stereocenters. The van der Waals surface area contributed by atoms with Gasteiger partial charge in [0, 0.05) is 30.8 Å². The van der Waals surface area contributed by atoms with Crippen molar-refractivity contribution in [2.75, 3.05) is 26.2 Å². The summed E-state index contributed by atoms with van der Waals surface area (Å²) in [7, 11) is 0. The first-order valence-electron chi connectivity index (χ1n) is 9.66. The normalized spacial score (nSPS) is 12.0. The van der Waals surface area contributed by atoms with Gasteiger partial charge in [-0.05, 0) is 44.2 Å². The zero-order valence-corrected chi connectivity index (χ0v) is 17.3. The molecule has 0 fully saturated rings. The molecule has 2 aromatic rings. The maximum absolute atomic E-state index is 13.2. The number of hydrogen-bond acceptors (Lipinski definition) is 3. The number of carbonyl (C=O) groups is 2. The number of nitrogens with one attached hydrogen (secondary N) is 2. The number of quaternary nitrogens is 1. The Bertz CT molecular complexity index is 895. The van der Waals surface area contributed by atoms with Crippen molar-refractivity contribution in [1.82, 2.24) is 9.88 Å². The van der Waals surface area contributed by atoms with Gasteiger partial charge in [0.05, 0.1) is 24.7 Å². The smallest absolute Gasteiger partial charge is 0.251 e. The first-order valence-corrected chi connectivity index (χ1v) is 10.0. The number of pyridine rings is 1. The van der Waals surface area contributed by atoms with Crippen LogP contribution in [0.1, 0.15) is 36.7 Å². The fraction of sp³-hybridized carbons (Fsp3) is 0.381. The molecule has 0 bridgehead atoms. The number of nitrogens with zero attached hydrogens (tertiary/aromatic N) is 1. The van der Waals surface area contributed by atoms with Gasteiger partial charge in [-0.15, -0.1) is 0 Å². The number of benzene rings is 1. The molecule has 0 spiro atoms. The maximum atomic E-state index is 13.2. The summed E-state index contributed by atoms with van der Waals surface area (Å²) in [6.45, 7) is 7.45. The molecule has 0 aliphatic heterocycles. The lowest BCUT2D eigenvalue weighted by atomic mass is 10.0. The van der Waals surface area contributed by atoms with Crippen LogP contribution in [-0.2, 0) is 4.79 Å². The first kappa shape index (κ1) is 22.8. The molecule has 1 aromatic heterocycles. The molecule has 0 aliphatic rings. The minimum atomic E-state index is -1.42. The van der Waals surface area contributed by atoms with E-state index in [9.17, 15) is 18.8 Å². The van der Waals surface area contributed by atoms with E-state index in [1.54, 1.807) is 0 Å². The quantitative estimate of drug-likeness (QED) is 0.346. The van der Waals surface area contributed by atoms with Crippen molar-refractivity contribution >= 4 is 23.3 Å². The predicted octanol–water partition coefficient (Wildman–Crippen LogP) is 1.50. The Labute approximate surface area is 174 Å². The van der Waals surface area contributed by atoms with Crippen LogP contribution in [-0.4, -0.2) is 42.4 Å². The number of halogens is 2. The third kappa shape index (κ3) is 6.24. The highest BCUT2D eigenvalue weighted by molar-refractivity contribution is 6.30. The van der Waals surface area contributed by atoms with E-state index in [4.69, 9.17) is 11.6 Å². The molecule has 6 nitrogen and oxygen atoms in total. The van der Waals surface area contributed by atoms with E-state index in [-0.39, 0.29) is 10.6 Å². The van der Waals surface area contributed by atoms with Gasteiger partial charge in [0.15, 0.2) is 11.8 Å². The number of hydrogen-bond donors (Lipinski definition) is 2. The number of carbonyl (C=O) groups excluding carboxylic acids is 2. The lowest BCUT2D eigenvalue weighted by molar-refractivity contribution is -0.896. The van der Waals surface area contributed by atoms with Crippen LogP contribution in [0.15, 0.2) is 47.4 Å². The van der Waals surface area contributed by atoms with Crippen LogP contribution in [0.4, 0.5) is 4.39 Å². The molecule has 0 radical (unpaired) electrons. The minimum Gasteiger partial charge on any atom is -0.354 e. The summed E-state index contributed by atoms with van der Waals surface area (Å²) in [6.07, 6.45) is 2.00. The maximum Gasteiger partial charge on any atom is 0.251 e. The molecule has 0 unspecified atom stereocenters. The zero-order valence-electron chi connectivity index (χ0n) is 16.6. The van der Waals surface area contributed by atoms with Crippen LogP contribution in [0, 0.1) is 5.82 Å². The second-order valence-corrected chi connectivity index (χ2v) is 7.15. The summed E-state index contributed by atoms with van der Waals surface area (Å²) in [5, 5.41) is 2.97. The van der Waals surface area contributed by atoms with Crippen LogP contribution < -0.4 is 15.8 Å². The standard InChI is InChI=1S/C21H25ClFN3O3/c1-3-25(4-2)13-5-12-24-21(29)19(26-14-16(22)8-11-18(26)27)20(28)15-6-9-17(23)10-7-15/h6-11,14,19H,3-5,12-13H2,1-2H3,(H,24,29)/p+1/t19-/m0/s1. The second kappa shape index (κ2) is 10.9. The summed E-state index contributed by atoms with van der Waals surface area (Å²) in [4.78, 5) is 39.6. The van der Waals surface area contributed by atoms with E-state index >= 15 is 0 Å². The number of Topliss-reactive ketones (excluding diaryl/α,β-unsaturated/α-hetero) is 1. The summed E-state index contributed by atoms with van der Waals surface area (Å²) in [5.41, 5.74) is -0.399. The molecule has 156 valence electrons. The van der Waals surface area contributed by atoms with Crippen molar-refractivity contribution in [3.8, 4) is 0 Å². The van der Waals surface area contributed by atoms with Gasteiger partial charge in [-0.1, -0.05) is 11.6 Å². The van der Waals surface area contributed by atoms with Crippen LogP contribution in [0.5, 0.6) is 0 Å². The van der Waals surface area contributed by atoms with Crippen LogP contribution in [0.3, 0.4) is 0 Å². The minimum absolute atomic E-state index is 0.131. The molecule has 0 aliphatic carbocycles. The fourth-order valence-electron chi connectivity index (χ4n) is 3.07. The van der Waals surface area contributed by atoms with Crippen molar-refractivity contribution in [2.45, 2.75) is 26.3 Å². The Kier molecular flexibility index (Phi) is 8.54. The molecule has 1 heterocycles. The van der Waals surface area contributed by atoms with Gasteiger partial charge in [-0.25, -0.2) is 4.39 Å². The van der Waals surface area contributed by atoms with Crippen molar-refractivity contribution < 1.29 is 18.9 Å². The van der Waals surface area contributed by atoms with E-state index in [1.165, 1.54) is 35.4 Å². The van der Waals surface area contributed by atoms with Crippen molar-refractivity contribution in [3.63, 3.8) is 0 Å². The summed E-state index contributed by atoms with van der Waals surface area (Å²) in [5.74, 6) is -1.71. The zero-order chi connectivity index (χ0) is 21.4.